The molecule has 0 unspecified atom stereocenters. The number of nitrogens with zero attached hydrogens (tertiary/aromatic N) is 4. The molecule has 3 aromatic rings. The summed E-state index contributed by atoms with van der Waals surface area (Å²) in [6.45, 7) is 0. The molecule has 1 aromatic carbocycles. The van der Waals surface area contributed by atoms with Gasteiger partial charge in [-0.2, -0.15) is 10.2 Å². The monoisotopic (exact) mass is 345 g/mol. The number of aromatic nitrogens is 4. The second kappa shape index (κ2) is 5.93. The van der Waals surface area contributed by atoms with Crippen LogP contribution in [0.2, 0.25) is 0 Å². The summed E-state index contributed by atoms with van der Waals surface area (Å²) in [4.78, 5) is 12.3. The Morgan fingerprint density at radius 3 is 2.54 bits per heavy atom. The van der Waals surface area contributed by atoms with Crippen molar-refractivity contribution in [2.24, 2.45) is 7.05 Å². The van der Waals surface area contributed by atoms with Gasteiger partial charge in [0.1, 0.15) is 0 Å². The second-order valence-electron chi connectivity index (χ2n) is 5.27. The summed E-state index contributed by atoms with van der Waals surface area (Å²) in [5, 5.41) is 10.8. The minimum atomic E-state index is -3.39. The lowest BCUT2D eigenvalue weighted by molar-refractivity contribution is 0.102. The number of para-hydroxylation sites is 1. The van der Waals surface area contributed by atoms with Crippen molar-refractivity contribution in [3.63, 3.8) is 0 Å². The number of rotatable bonds is 4. The minimum absolute atomic E-state index is 0.165. The molecule has 0 aliphatic heterocycles. The van der Waals surface area contributed by atoms with Crippen LogP contribution >= 0.6 is 0 Å². The summed E-state index contributed by atoms with van der Waals surface area (Å²) in [6, 6.07) is 6.53. The average Bonchev–Trinajstić information content (AvgIpc) is 3.15. The number of hydrogen-bond donors (Lipinski definition) is 1. The molecule has 3 rings (SSSR count). The van der Waals surface area contributed by atoms with E-state index in [2.05, 4.69) is 15.5 Å². The number of carbonyl (C=O) groups is 1. The third-order valence-electron chi connectivity index (χ3n) is 3.32. The van der Waals surface area contributed by atoms with Gasteiger partial charge < -0.3 is 5.32 Å². The molecule has 1 N–H and O–H groups in total. The average molecular weight is 345 g/mol. The van der Waals surface area contributed by atoms with Gasteiger partial charge >= 0.3 is 0 Å². The Morgan fingerprint density at radius 1 is 1.12 bits per heavy atom. The molecule has 0 atom stereocenters. The van der Waals surface area contributed by atoms with E-state index in [1.807, 2.05) is 0 Å². The van der Waals surface area contributed by atoms with Crippen LogP contribution in [-0.2, 0) is 16.9 Å². The number of aryl methyl sites for hydroxylation is 1. The van der Waals surface area contributed by atoms with Gasteiger partial charge in [-0.1, -0.05) is 12.1 Å². The molecule has 24 heavy (non-hydrogen) atoms. The molecule has 8 nitrogen and oxygen atoms in total. The highest BCUT2D eigenvalue weighted by atomic mass is 32.2. The van der Waals surface area contributed by atoms with Crippen molar-refractivity contribution in [3.8, 4) is 5.69 Å². The number of hydrogen-bond acceptors (Lipinski definition) is 5. The molecule has 0 aliphatic carbocycles. The van der Waals surface area contributed by atoms with Crippen LogP contribution in [0, 0.1) is 0 Å². The van der Waals surface area contributed by atoms with Crippen molar-refractivity contribution in [1.29, 1.82) is 0 Å². The molecule has 0 saturated heterocycles. The van der Waals surface area contributed by atoms with Crippen molar-refractivity contribution in [2.45, 2.75) is 4.90 Å². The van der Waals surface area contributed by atoms with Crippen LogP contribution in [0.15, 0.2) is 53.9 Å². The summed E-state index contributed by atoms with van der Waals surface area (Å²) in [6.07, 6.45) is 7.20. The second-order valence-corrected chi connectivity index (χ2v) is 7.25. The zero-order valence-corrected chi connectivity index (χ0v) is 13.9. The van der Waals surface area contributed by atoms with E-state index in [4.69, 9.17) is 0 Å². The maximum absolute atomic E-state index is 12.1. The summed E-state index contributed by atoms with van der Waals surface area (Å²) < 4.78 is 26.7. The molecule has 2 heterocycles. The predicted octanol–water partition coefficient (Wildman–Crippen LogP) is 1.26. The van der Waals surface area contributed by atoms with Gasteiger partial charge in [0.05, 0.1) is 40.4 Å². The molecule has 0 spiro atoms. The van der Waals surface area contributed by atoms with Crippen molar-refractivity contribution < 1.29 is 13.2 Å². The zero-order chi connectivity index (χ0) is 17.3. The number of carbonyl (C=O) groups excluding carboxylic acids is 1. The molecular formula is C15H15N5O3S. The highest BCUT2D eigenvalue weighted by Gasteiger charge is 2.15. The lowest BCUT2D eigenvalue weighted by Crippen LogP contribution is -2.10. The molecule has 0 fully saturated rings. The van der Waals surface area contributed by atoms with Crippen molar-refractivity contribution in [1.82, 2.24) is 19.6 Å². The van der Waals surface area contributed by atoms with Crippen LogP contribution in [0.4, 0.5) is 5.69 Å². The van der Waals surface area contributed by atoms with Gasteiger partial charge in [-0.15, -0.1) is 0 Å². The quantitative estimate of drug-likeness (QED) is 0.767. The van der Waals surface area contributed by atoms with Crippen LogP contribution < -0.4 is 5.32 Å². The Balaban J connectivity index is 1.88. The topological polar surface area (TPSA) is 98.9 Å². The smallest absolute Gasteiger partial charge is 0.258 e. The van der Waals surface area contributed by atoms with Gasteiger partial charge in [0, 0.05) is 19.5 Å². The van der Waals surface area contributed by atoms with Gasteiger partial charge in [-0.25, -0.2) is 13.1 Å². The number of nitrogens with one attached hydrogen (secondary N) is 1. The van der Waals surface area contributed by atoms with E-state index < -0.39 is 9.84 Å². The predicted molar refractivity (Wildman–Crippen MR) is 87.8 cm³/mol. The Morgan fingerprint density at radius 2 is 1.88 bits per heavy atom. The van der Waals surface area contributed by atoms with Crippen molar-refractivity contribution in [2.75, 3.05) is 11.6 Å². The first-order valence-electron chi connectivity index (χ1n) is 6.99. The molecule has 0 saturated carbocycles. The first-order chi connectivity index (χ1) is 11.3. The maximum atomic E-state index is 12.1. The zero-order valence-electron chi connectivity index (χ0n) is 13.0. The molecule has 0 bridgehead atoms. The van der Waals surface area contributed by atoms with Crippen molar-refractivity contribution >= 4 is 21.4 Å². The highest BCUT2D eigenvalue weighted by Crippen LogP contribution is 2.20. The Bertz CT molecular complexity index is 1000. The Hall–Kier alpha value is -2.94. The van der Waals surface area contributed by atoms with Gasteiger partial charge in [0.15, 0.2) is 9.84 Å². The first kappa shape index (κ1) is 15.9. The number of sulfone groups is 1. The number of anilines is 1. The fourth-order valence-electron chi connectivity index (χ4n) is 2.22. The lowest BCUT2D eigenvalue weighted by atomic mass is 10.3. The Labute approximate surface area is 138 Å². The van der Waals surface area contributed by atoms with E-state index in [9.17, 15) is 13.2 Å². The van der Waals surface area contributed by atoms with Crippen LogP contribution in [0.3, 0.4) is 0 Å². The summed E-state index contributed by atoms with van der Waals surface area (Å²) in [5.74, 6) is -0.320. The SMILES string of the molecule is Cn1cc(C(=O)Nc2cnn(-c3ccccc3S(C)(=O)=O)c2)cn1. The highest BCUT2D eigenvalue weighted by molar-refractivity contribution is 7.90. The normalized spacial score (nSPS) is 11.4. The number of benzene rings is 1. The molecule has 9 heteroatoms. The van der Waals surface area contributed by atoms with E-state index >= 15 is 0 Å². The lowest BCUT2D eigenvalue weighted by Gasteiger charge is -2.07. The molecular weight excluding hydrogens is 330 g/mol. The molecule has 2 aromatic heterocycles. The first-order valence-corrected chi connectivity index (χ1v) is 8.88. The van der Waals surface area contributed by atoms with E-state index in [0.717, 1.165) is 6.26 Å². The third kappa shape index (κ3) is 3.20. The molecule has 0 radical (unpaired) electrons. The van der Waals surface area contributed by atoms with E-state index in [1.165, 1.54) is 27.8 Å². The molecule has 0 aliphatic rings. The van der Waals surface area contributed by atoms with Crippen LogP contribution in [0.25, 0.3) is 5.69 Å². The Kier molecular flexibility index (Phi) is 3.94. The van der Waals surface area contributed by atoms with E-state index in [1.54, 1.807) is 37.6 Å². The fraction of sp³-hybridized carbons (Fsp3) is 0.133. The summed E-state index contributed by atoms with van der Waals surface area (Å²) in [5.41, 5.74) is 1.29. The molecule has 1 amide bonds. The summed E-state index contributed by atoms with van der Waals surface area (Å²) in [7, 11) is -1.68. The van der Waals surface area contributed by atoms with Crippen molar-refractivity contribution in [3.05, 3.63) is 54.6 Å². The largest absolute Gasteiger partial charge is 0.319 e. The standard InChI is InChI=1S/C15H15N5O3S/c1-19-9-11(7-16-19)15(21)18-12-8-17-20(10-12)13-5-3-4-6-14(13)24(2,22)23/h3-10H,1-2H3,(H,18,21). The van der Waals surface area contributed by atoms with Gasteiger partial charge in [0.25, 0.3) is 5.91 Å². The minimum Gasteiger partial charge on any atom is -0.319 e. The van der Waals surface area contributed by atoms with Gasteiger partial charge in [0.2, 0.25) is 0 Å². The van der Waals surface area contributed by atoms with Crippen LogP contribution in [-0.4, -0.2) is 40.1 Å². The maximum Gasteiger partial charge on any atom is 0.258 e. The van der Waals surface area contributed by atoms with E-state index in [-0.39, 0.29) is 10.8 Å². The van der Waals surface area contributed by atoms with Gasteiger partial charge in [-0.3, -0.25) is 9.48 Å². The van der Waals surface area contributed by atoms with Crippen LogP contribution in [0.5, 0.6) is 0 Å². The van der Waals surface area contributed by atoms with Gasteiger partial charge in [-0.05, 0) is 12.1 Å². The number of amides is 1. The fourth-order valence-corrected chi connectivity index (χ4v) is 3.09. The third-order valence-corrected chi connectivity index (χ3v) is 4.46. The molecule has 124 valence electrons. The van der Waals surface area contributed by atoms with E-state index in [0.29, 0.717) is 16.9 Å². The van der Waals surface area contributed by atoms with Crippen LogP contribution in [0.1, 0.15) is 10.4 Å². The summed E-state index contributed by atoms with van der Waals surface area (Å²) >= 11 is 0.